The van der Waals surface area contributed by atoms with Gasteiger partial charge < -0.3 is 10.5 Å². The van der Waals surface area contributed by atoms with Crippen LogP contribution in [-0.2, 0) is 6.18 Å². The number of nitrogen functional groups attached to an aromatic ring is 1. The summed E-state index contributed by atoms with van der Waals surface area (Å²) in [6.45, 7) is 0. The van der Waals surface area contributed by atoms with E-state index < -0.39 is 17.5 Å². The van der Waals surface area contributed by atoms with Crippen molar-refractivity contribution in [1.82, 2.24) is 4.98 Å². The highest BCUT2D eigenvalue weighted by molar-refractivity contribution is 6.35. The fourth-order valence-corrected chi connectivity index (χ4v) is 1.86. The van der Waals surface area contributed by atoms with E-state index in [-0.39, 0.29) is 21.6 Å². The van der Waals surface area contributed by atoms with Gasteiger partial charge in [-0.25, -0.2) is 4.98 Å². The highest BCUT2D eigenvalue weighted by Crippen LogP contribution is 2.40. The molecule has 0 saturated heterocycles. The van der Waals surface area contributed by atoms with E-state index in [9.17, 15) is 13.2 Å². The molecule has 3 nitrogen and oxygen atoms in total. The second kappa shape index (κ2) is 5.38. The van der Waals surface area contributed by atoms with Gasteiger partial charge in [0, 0.05) is 11.9 Å². The number of nitrogens with zero attached hydrogens (tertiary/aromatic N) is 1. The SMILES string of the molecule is Nc1ccc(Oc2ncc(Cl)cc2Cl)c(C(F)(F)F)c1. The summed E-state index contributed by atoms with van der Waals surface area (Å²) in [7, 11) is 0. The molecule has 0 aliphatic rings. The van der Waals surface area contributed by atoms with E-state index in [1.807, 2.05) is 0 Å². The lowest BCUT2D eigenvalue weighted by molar-refractivity contribution is -0.138. The Kier molecular flexibility index (Phi) is 3.96. The number of benzene rings is 1. The van der Waals surface area contributed by atoms with E-state index in [4.69, 9.17) is 33.7 Å². The van der Waals surface area contributed by atoms with E-state index in [1.165, 1.54) is 18.3 Å². The summed E-state index contributed by atoms with van der Waals surface area (Å²) in [6, 6.07) is 4.48. The summed E-state index contributed by atoms with van der Waals surface area (Å²) in [5.74, 6) is -0.616. The van der Waals surface area contributed by atoms with E-state index in [1.54, 1.807) is 0 Å². The molecular weight excluding hydrogens is 316 g/mol. The van der Waals surface area contributed by atoms with Crippen molar-refractivity contribution in [3.8, 4) is 11.6 Å². The van der Waals surface area contributed by atoms with Crippen molar-refractivity contribution in [3.63, 3.8) is 0 Å². The number of hydrogen-bond acceptors (Lipinski definition) is 3. The number of nitrogens with two attached hydrogens (primary N) is 1. The van der Waals surface area contributed by atoms with Crippen LogP contribution in [0.1, 0.15) is 5.56 Å². The molecule has 0 saturated carbocycles. The van der Waals surface area contributed by atoms with Crippen LogP contribution in [0.25, 0.3) is 0 Å². The lowest BCUT2D eigenvalue weighted by atomic mass is 10.1. The van der Waals surface area contributed by atoms with Crippen molar-refractivity contribution in [2.45, 2.75) is 6.18 Å². The number of ether oxygens (including phenoxy) is 1. The quantitative estimate of drug-likeness (QED) is 0.809. The van der Waals surface area contributed by atoms with Gasteiger partial charge in [0.05, 0.1) is 5.02 Å². The van der Waals surface area contributed by atoms with Gasteiger partial charge in [0.25, 0.3) is 0 Å². The molecule has 0 atom stereocenters. The van der Waals surface area contributed by atoms with Crippen LogP contribution in [-0.4, -0.2) is 4.98 Å². The Balaban J connectivity index is 2.43. The minimum atomic E-state index is -4.61. The Bertz CT molecular complexity index is 647. The molecule has 0 radical (unpaired) electrons. The summed E-state index contributed by atoms with van der Waals surface area (Å²) < 4.78 is 43.8. The van der Waals surface area contributed by atoms with Gasteiger partial charge in [0.15, 0.2) is 0 Å². The van der Waals surface area contributed by atoms with E-state index in [0.29, 0.717) is 0 Å². The van der Waals surface area contributed by atoms with E-state index >= 15 is 0 Å². The number of alkyl halides is 3. The highest BCUT2D eigenvalue weighted by Gasteiger charge is 2.35. The Morgan fingerprint density at radius 2 is 1.85 bits per heavy atom. The first-order valence-electron chi connectivity index (χ1n) is 5.23. The largest absolute Gasteiger partial charge is 0.437 e. The summed E-state index contributed by atoms with van der Waals surface area (Å²) in [5.41, 5.74) is 4.32. The van der Waals surface area contributed by atoms with Crippen LogP contribution >= 0.6 is 23.2 Å². The van der Waals surface area contributed by atoms with Crippen LogP contribution in [0, 0.1) is 0 Å². The molecule has 20 heavy (non-hydrogen) atoms. The molecule has 0 aliphatic heterocycles. The van der Waals surface area contributed by atoms with Crippen molar-refractivity contribution in [1.29, 1.82) is 0 Å². The lowest BCUT2D eigenvalue weighted by Crippen LogP contribution is -2.08. The highest BCUT2D eigenvalue weighted by atomic mass is 35.5. The fraction of sp³-hybridized carbons (Fsp3) is 0.0833. The maximum absolute atomic E-state index is 12.9. The number of anilines is 1. The van der Waals surface area contributed by atoms with Crippen molar-refractivity contribution >= 4 is 28.9 Å². The fourth-order valence-electron chi connectivity index (χ4n) is 1.44. The van der Waals surface area contributed by atoms with Gasteiger partial charge in [-0.1, -0.05) is 23.2 Å². The molecule has 1 heterocycles. The minimum Gasteiger partial charge on any atom is -0.437 e. The van der Waals surface area contributed by atoms with Gasteiger partial charge in [-0.3, -0.25) is 0 Å². The van der Waals surface area contributed by atoms with Gasteiger partial charge in [-0.2, -0.15) is 13.2 Å². The predicted molar refractivity (Wildman–Crippen MR) is 70.2 cm³/mol. The second-order valence-electron chi connectivity index (χ2n) is 3.80. The van der Waals surface area contributed by atoms with Crippen LogP contribution in [0.5, 0.6) is 11.6 Å². The molecule has 0 unspecified atom stereocenters. The van der Waals surface area contributed by atoms with Crippen molar-refractivity contribution in [2.24, 2.45) is 0 Å². The van der Waals surface area contributed by atoms with Gasteiger partial charge in [-0.05, 0) is 24.3 Å². The molecule has 0 fully saturated rings. The van der Waals surface area contributed by atoms with Gasteiger partial charge in [0.2, 0.25) is 5.88 Å². The van der Waals surface area contributed by atoms with Crippen molar-refractivity contribution < 1.29 is 17.9 Å². The maximum Gasteiger partial charge on any atom is 0.420 e. The van der Waals surface area contributed by atoms with E-state index in [0.717, 1.165) is 12.1 Å². The van der Waals surface area contributed by atoms with E-state index in [2.05, 4.69) is 4.98 Å². The lowest BCUT2D eigenvalue weighted by Gasteiger charge is -2.14. The first-order valence-corrected chi connectivity index (χ1v) is 5.98. The zero-order chi connectivity index (χ0) is 14.9. The molecule has 0 aliphatic carbocycles. The monoisotopic (exact) mass is 322 g/mol. The third-order valence-corrected chi connectivity index (χ3v) is 2.77. The zero-order valence-electron chi connectivity index (χ0n) is 9.71. The Hall–Kier alpha value is -1.66. The Labute approximate surface area is 122 Å². The normalized spacial score (nSPS) is 11.4. The van der Waals surface area contributed by atoms with Crippen LogP contribution in [0.2, 0.25) is 10.0 Å². The average molecular weight is 323 g/mol. The number of pyridine rings is 1. The number of aromatic nitrogens is 1. The molecule has 0 amide bonds. The van der Waals surface area contributed by atoms with Crippen LogP contribution in [0.4, 0.5) is 18.9 Å². The first kappa shape index (κ1) is 14.7. The second-order valence-corrected chi connectivity index (χ2v) is 4.64. The zero-order valence-corrected chi connectivity index (χ0v) is 11.2. The standard InChI is InChI=1S/C12H7Cl2F3N2O/c13-6-3-9(14)11(19-5-6)20-10-2-1-7(18)4-8(10)12(15,16)17/h1-5H,18H2. The molecule has 0 bridgehead atoms. The predicted octanol–water partition coefficient (Wildman–Crippen LogP) is 4.78. The third kappa shape index (κ3) is 3.26. The van der Waals surface area contributed by atoms with Crippen LogP contribution in [0.3, 0.4) is 0 Å². The molecule has 1 aromatic heterocycles. The van der Waals surface area contributed by atoms with Gasteiger partial charge >= 0.3 is 6.18 Å². The summed E-state index contributed by atoms with van der Waals surface area (Å²) in [4.78, 5) is 3.73. The molecule has 2 aromatic rings. The number of rotatable bonds is 2. The molecule has 0 spiro atoms. The smallest absolute Gasteiger partial charge is 0.420 e. The Morgan fingerprint density at radius 1 is 1.15 bits per heavy atom. The topological polar surface area (TPSA) is 48.1 Å². The van der Waals surface area contributed by atoms with Gasteiger partial charge in [0.1, 0.15) is 16.3 Å². The number of hydrogen-bond donors (Lipinski definition) is 1. The first-order chi connectivity index (χ1) is 9.27. The van der Waals surface area contributed by atoms with Crippen molar-refractivity contribution in [3.05, 3.63) is 46.1 Å². The summed E-state index contributed by atoms with van der Waals surface area (Å²) in [5, 5.41) is 0.248. The molecular formula is C12H7Cl2F3N2O. The molecule has 106 valence electrons. The third-order valence-electron chi connectivity index (χ3n) is 2.29. The minimum absolute atomic E-state index is 0.00227. The summed E-state index contributed by atoms with van der Waals surface area (Å²) in [6.07, 6.45) is -3.39. The van der Waals surface area contributed by atoms with Gasteiger partial charge in [-0.15, -0.1) is 0 Å². The van der Waals surface area contributed by atoms with Crippen LogP contribution in [0.15, 0.2) is 30.5 Å². The molecule has 8 heteroatoms. The Morgan fingerprint density at radius 3 is 2.45 bits per heavy atom. The summed E-state index contributed by atoms with van der Waals surface area (Å²) >= 11 is 11.4. The molecule has 2 rings (SSSR count). The average Bonchev–Trinajstić information content (AvgIpc) is 2.33. The molecule has 2 N–H and O–H groups in total. The van der Waals surface area contributed by atoms with Crippen LogP contribution < -0.4 is 10.5 Å². The molecule has 1 aromatic carbocycles. The maximum atomic E-state index is 12.9. The van der Waals surface area contributed by atoms with Crippen molar-refractivity contribution in [2.75, 3.05) is 5.73 Å². The number of halogens is 5.